The van der Waals surface area contributed by atoms with Gasteiger partial charge in [0.15, 0.2) is 0 Å². The minimum atomic E-state index is -0.487. The quantitative estimate of drug-likeness (QED) is 0.459. The van der Waals surface area contributed by atoms with Crippen LogP contribution in [0, 0.1) is 17.2 Å². The number of alkyl halides is 1. The van der Waals surface area contributed by atoms with Crippen LogP contribution in [-0.2, 0) is 0 Å². The molecule has 8 heavy (non-hydrogen) atoms. The van der Waals surface area contributed by atoms with Crippen LogP contribution in [0.3, 0.4) is 0 Å². The van der Waals surface area contributed by atoms with E-state index in [0.29, 0.717) is 5.92 Å². The first-order chi connectivity index (χ1) is 3.66. The van der Waals surface area contributed by atoms with Gasteiger partial charge in [-0.25, -0.2) is 0 Å². The highest BCUT2D eigenvalue weighted by molar-refractivity contribution is 6.26. The topological polar surface area (TPSA) is 23.8 Å². The molecular formula is C6H8ClN. The molecule has 1 fully saturated rings. The lowest BCUT2D eigenvalue weighted by Gasteiger charge is -2.34. The van der Waals surface area contributed by atoms with Crippen molar-refractivity contribution in [3.63, 3.8) is 0 Å². The Bertz CT molecular complexity index is 130. The summed E-state index contributed by atoms with van der Waals surface area (Å²) in [5.41, 5.74) is 0. The number of rotatable bonds is 0. The van der Waals surface area contributed by atoms with Gasteiger partial charge in [-0.15, -0.1) is 11.6 Å². The average Bonchev–Trinajstić information content (AvgIpc) is 1.63. The van der Waals surface area contributed by atoms with Crippen LogP contribution >= 0.6 is 11.6 Å². The molecule has 0 radical (unpaired) electrons. The maximum absolute atomic E-state index is 8.38. The molecule has 0 aromatic carbocycles. The van der Waals surface area contributed by atoms with Gasteiger partial charge in [0.2, 0.25) is 0 Å². The van der Waals surface area contributed by atoms with E-state index in [9.17, 15) is 0 Å². The Hall–Kier alpha value is -0.220. The van der Waals surface area contributed by atoms with Crippen molar-refractivity contribution in [1.82, 2.24) is 0 Å². The average molecular weight is 130 g/mol. The molecule has 0 aliphatic heterocycles. The fraction of sp³-hybridized carbons (Fsp3) is 0.833. The lowest BCUT2D eigenvalue weighted by atomic mass is 9.76. The first-order valence-corrected chi connectivity index (χ1v) is 3.14. The predicted molar refractivity (Wildman–Crippen MR) is 32.6 cm³/mol. The molecule has 0 spiro atoms. The van der Waals surface area contributed by atoms with Gasteiger partial charge in [0.05, 0.1) is 6.07 Å². The molecule has 0 amide bonds. The molecule has 0 bridgehead atoms. The molecule has 44 valence electrons. The van der Waals surface area contributed by atoms with Crippen LogP contribution in [-0.4, -0.2) is 4.87 Å². The van der Waals surface area contributed by atoms with E-state index in [0.717, 1.165) is 12.8 Å². The number of hydrogen-bond acceptors (Lipinski definition) is 1. The summed E-state index contributed by atoms with van der Waals surface area (Å²) in [6.45, 7) is 2.11. The van der Waals surface area contributed by atoms with Gasteiger partial charge >= 0.3 is 0 Å². The molecule has 0 heterocycles. The Morgan fingerprint density at radius 1 is 1.75 bits per heavy atom. The maximum atomic E-state index is 8.38. The van der Waals surface area contributed by atoms with Crippen molar-refractivity contribution in [3.8, 4) is 6.07 Å². The van der Waals surface area contributed by atoms with Gasteiger partial charge in [0.1, 0.15) is 4.87 Å². The second-order valence-electron chi connectivity index (χ2n) is 2.59. The van der Waals surface area contributed by atoms with Gasteiger partial charge in [-0.3, -0.25) is 0 Å². The maximum Gasteiger partial charge on any atom is 0.131 e. The summed E-state index contributed by atoms with van der Waals surface area (Å²) < 4.78 is 0. The lowest BCUT2D eigenvalue weighted by Crippen LogP contribution is -2.35. The standard InChI is InChI=1S/C6H8ClN/c1-5-2-6(7,3-5)4-8/h5H,2-3H2,1H3. The SMILES string of the molecule is CC1CC(Cl)(C#N)C1. The van der Waals surface area contributed by atoms with Crippen molar-refractivity contribution >= 4 is 11.6 Å². The van der Waals surface area contributed by atoms with Crippen LogP contribution < -0.4 is 0 Å². The molecular weight excluding hydrogens is 122 g/mol. The van der Waals surface area contributed by atoms with Crippen molar-refractivity contribution in [2.24, 2.45) is 5.92 Å². The van der Waals surface area contributed by atoms with E-state index < -0.39 is 4.87 Å². The highest BCUT2D eigenvalue weighted by Gasteiger charge is 2.40. The van der Waals surface area contributed by atoms with Crippen LogP contribution in [0.25, 0.3) is 0 Å². The highest BCUT2D eigenvalue weighted by Crippen LogP contribution is 2.42. The second-order valence-corrected chi connectivity index (χ2v) is 3.31. The monoisotopic (exact) mass is 129 g/mol. The van der Waals surface area contributed by atoms with E-state index in [1.54, 1.807) is 0 Å². The Morgan fingerprint density at radius 2 is 2.25 bits per heavy atom. The van der Waals surface area contributed by atoms with Gasteiger partial charge in [0.25, 0.3) is 0 Å². The van der Waals surface area contributed by atoms with Crippen LogP contribution in [0.15, 0.2) is 0 Å². The summed E-state index contributed by atoms with van der Waals surface area (Å²) in [5.74, 6) is 0.659. The Labute approximate surface area is 54.3 Å². The zero-order valence-electron chi connectivity index (χ0n) is 4.82. The second kappa shape index (κ2) is 1.63. The normalized spacial score (nSPS) is 44.9. The van der Waals surface area contributed by atoms with E-state index in [1.165, 1.54) is 0 Å². The van der Waals surface area contributed by atoms with Crippen molar-refractivity contribution in [2.45, 2.75) is 24.6 Å². The molecule has 1 nitrogen and oxygen atoms in total. The molecule has 1 saturated carbocycles. The summed E-state index contributed by atoms with van der Waals surface area (Å²) in [6, 6.07) is 2.07. The van der Waals surface area contributed by atoms with Crippen LogP contribution in [0.5, 0.6) is 0 Å². The fourth-order valence-corrected chi connectivity index (χ4v) is 1.66. The minimum absolute atomic E-state index is 0.487. The first kappa shape index (κ1) is 5.91. The molecule has 0 aromatic rings. The fourth-order valence-electron chi connectivity index (χ4n) is 1.14. The molecule has 0 aromatic heterocycles. The Balaban J connectivity index is 2.44. The van der Waals surface area contributed by atoms with E-state index >= 15 is 0 Å². The number of nitriles is 1. The molecule has 1 aliphatic carbocycles. The predicted octanol–water partition coefficient (Wildman–Crippen LogP) is 1.92. The molecule has 0 N–H and O–H groups in total. The summed E-state index contributed by atoms with van der Waals surface area (Å²) in [6.07, 6.45) is 1.73. The lowest BCUT2D eigenvalue weighted by molar-refractivity contribution is 0.296. The molecule has 0 unspecified atom stereocenters. The Kier molecular flexibility index (Phi) is 1.21. The van der Waals surface area contributed by atoms with E-state index in [1.807, 2.05) is 0 Å². The number of halogens is 1. The van der Waals surface area contributed by atoms with Crippen LogP contribution in [0.4, 0.5) is 0 Å². The molecule has 1 aliphatic rings. The molecule has 0 atom stereocenters. The zero-order chi connectivity index (χ0) is 6.20. The molecule has 2 heteroatoms. The third-order valence-electron chi connectivity index (χ3n) is 1.54. The third kappa shape index (κ3) is 0.809. The summed E-state index contributed by atoms with van der Waals surface area (Å²) in [4.78, 5) is -0.487. The van der Waals surface area contributed by atoms with Gasteiger partial charge < -0.3 is 0 Å². The van der Waals surface area contributed by atoms with Gasteiger partial charge in [-0.1, -0.05) is 6.92 Å². The smallest absolute Gasteiger partial charge is 0.131 e. The van der Waals surface area contributed by atoms with Crippen molar-refractivity contribution in [1.29, 1.82) is 5.26 Å². The summed E-state index contributed by atoms with van der Waals surface area (Å²) in [7, 11) is 0. The summed E-state index contributed by atoms with van der Waals surface area (Å²) in [5, 5.41) is 8.38. The van der Waals surface area contributed by atoms with Crippen molar-refractivity contribution < 1.29 is 0 Å². The Morgan fingerprint density at radius 3 is 2.38 bits per heavy atom. The number of hydrogen-bond donors (Lipinski definition) is 0. The van der Waals surface area contributed by atoms with Gasteiger partial charge in [0, 0.05) is 0 Å². The zero-order valence-corrected chi connectivity index (χ0v) is 5.57. The number of nitrogens with zero attached hydrogens (tertiary/aromatic N) is 1. The highest BCUT2D eigenvalue weighted by atomic mass is 35.5. The molecule has 0 saturated heterocycles. The van der Waals surface area contributed by atoms with Gasteiger partial charge in [-0.05, 0) is 18.8 Å². The molecule has 1 rings (SSSR count). The van der Waals surface area contributed by atoms with Gasteiger partial charge in [-0.2, -0.15) is 5.26 Å². The van der Waals surface area contributed by atoms with Crippen molar-refractivity contribution in [3.05, 3.63) is 0 Å². The third-order valence-corrected chi connectivity index (χ3v) is 1.94. The van der Waals surface area contributed by atoms with E-state index in [2.05, 4.69) is 13.0 Å². The minimum Gasteiger partial charge on any atom is -0.196 e. The van der Waals surface area contributed by atoms with E-state index in [-0.39, 0.29) is 0 Å². The summed E-state index contributed by atoms with van der Waals surface area (Å²) >= 11 is 5.73. The van der Waals surface area contributed by atoms with Crippen LogP contribution in [0.2, 0.25) is 0 Å². The van der Waals surface area contributed by atoms with E-state index in [4.69, 9.17) is 16.9 Å². The van der Waals surface area contributed by atoms with Crippen molar-refractivity contribution in [2.75, 3.05) is 0 Å². The van der Waals surface area contributed by atoms with Crippen LogP contribution in [0.1, 0.15) is 19.8 Å². The first-order valence-electron chi connectivity index (χ1n) is 2.76. The largest absolute Gasteiger partial charge is 0.196 e.